The van der Waals surface area contributed by atoms with Gasteiger partial charge in [0.15, 0.2) is 0 Å². The molecular weight excluding hydrogens is 374 g/mol. The number of aromatic nitrogens is 2. The number of amides is 1. The van der Waals surface area contributed by atoms with Crippen LogP contribution in [0.15, 0.2) is 59.1 Å². The Morgan fingerprint density at radius 1 is 1.21 bits per heavy atom. The van der Waals surface area contributed by atoms with Crippen LogP contribution in [0.25, 0.3) is 11.4 Å². The average Bonchev–Trinajstić information content (AvgIpc) is 3.20. The third kappa shape index (κ3) is 5.13. The Balaban J connectivity index is 1.57. The van der Waals surface area contributed by atoms with Crippen molar-refractivity contribution in [2.45, 2.75) is 24.5 Å². The van der Waals surface area contributed by atoms with Gasteiger partial charge in [-0.05, 0) is 24.6 Å². The second-order valence-corrected chi connectivity index (χ2v) is 7.71. The molecule has 6 nitrogen and oxygen atoms in total. The van der Waals surface area contributed by atoms with Gasteiger partial charge in [-0.15, -0.1) is 11.8 Å². The molecule has 0 saturated carbocycles. The zero-order valence-electron chi connectivity index (χ0n) is 16.2. The molecule has 3 rings (SSSR count). The molecule has 0 N–H and O–H groups in total. The number of nitrogens with zero attached hydrogens (tertiary/aromatic N) is 3. The molecule has 2 aromatic carbocycles. The van der Waals surface area contributed by atoms with E-state index in [4.69, 9.17) is 9.26 Å². The first kappa shape index (κ1) is 19.9. The maximum Gasteiger partial charge on any atom is 0.246 e. The van der Waals surface area contributed by atoms with Crippen LogP contribution in [0.2, 0.25) is 0 Å². The minimum atomic E-state index is -0.161. The van der Waals surface area contributed by atoms with Crippen LogP contribution in [-0.2, 0) is 17.1 Å². The first-order chi connectivity index (χ1) is 13.6. The lowest BCUT2D eigenvalue weighted by molar-refractivity contribution is -0.129. The highest BCUT2D eigenvalue weighted by molar-refractivity contribution is 7.99. The van der Waals surface area contributed by atoms with E-state index < -0.39 is 0 Å². The molecule has 7 heteroatoms. The standard InChI is InChI=1S/C21H23N3O3S/c1-15(28-14-16-8-5-4-6-9-16)21(25)24(2)13-19-22-20(23-27-19)17-10-7-11-18(12-17)26-3/h4-12,15H,13-14H2,1-3H3/t15-/m1/s1. The van der Waals surface area contributed by atoms with Crippen LogP contribution in [0.5, 0.6) is 5.75 Å². The maximum absolute atomic E-state index is 12.6. The highest BCUT2D eigenvalue weighted by Crippen LogP contribution is 2.22. The van der Waals surface area contributed by atoms with Crippen molar-refractivity contribution >= 4 is 17.7 Å². The lowest BCUT2D eigenvalue weighted by atomic mass is 10.2. The maximum atomic E-state index is 12.6. The topological polar surface area (TPSA) is 68.5 Å². The molecule has 0 unspecified atom stereocenters. The Labute approximate surface area is 168 Å². The Morgan fingerprint density at radius 2 is 2.00 bits per heavy atom. The Morgan fingerprint density at radius 3 is 2.75 bits per heavy atom. The third-order valence-electron chi connectivity index (χ3n) is 4.24. The first-order valence-electron chi connectivity index (χ1n) is 8.94. The molecule has 0 bridgehead atoms. The van der Waals surface area contributed by atoms with Gasteiger partial charge in [0.2, 0.25) is 17.6 Å². The zero-order chi connectivity index (χ0) is 19.9. The largest absolute Gasteiger partial charge is 0.497 e. The van der Waals surface area contributed by atoms with E-state index in [2.05, 4.69) is 22.3 Å². The highest BCUT2D eigenvalue weighted by Gasteiger charge is 2.20. The number of rotatable bonds is 8. The molecule has 1 aromatic heterocycles. The summed E-state index contributed by atoms with van der Waals surface area (Å²) in [4.78, 5) is 18.6. The van der Waals surface area contributed by atoms with Gasteiger partial charge in [0.05, 0.1) is 18.9 Å². The number of hydrogen-bond acceptors (Lipinski definition) is 6. The second-order valence-electron chi connectivity index (χ2n) is 6.38. The van der Waals surface area contributed by atoms with Gasteiger partial charge in [-0.2, -0.15) is 4.98 Å². The van der Waals surface area contributed by atoms with Crippen molar-refractivity contribution in [2.75, 3.05) is 14.2 Å². The summed E-state index contributed by atoms with van der Waals surface area (Å²) in [6, 6.07) is 17.6. The van der Waals surface area contributed by atoms with E-state index >= 15 is 0 Å². The van der Waals surface area contributed by atoms with E-state index in [0.717, 1.165) is 17.1 Å². The molecule has 0 aliphatic rings. The van der Waals surface area contributed by atoms with Gasteiger partial charge in [-0.25, -0.2) is 0 Å². The Kier molecular flexibility index (Phi) is 6.71. The van der Waals surface area contributed by atoms with Gasteiger partial charge >= 0.3 is 0 Å². The molecule has 0 aliphatic heterocycles. The second kappa shape index (κ2) is 9.41. The summed E-state index contributed by atoms with van der Waals surface area (Å²) in [7, 11) is 3.36. The summed E-state index contributed by atoms with van der Waals surface area (Å²) in [5.74, 6) is 2.42. The monoisotopic (exact) mass is 397 g/mol. The molecule has 0 spiro atoms. The average molecular weight is 398 g/mol. The highest BCUT2D eigenvalue weighted by atomic mass is 32.2. The number of methoxy groups -OCH3 is 1. The van der Waals surface area contributed by atoms with E-state index in [1.165, 1.54) is 5.56 Å². The summed E-state index contributed by atoms with van der Waals surface area (Å²) < 4.78 is 10.5. The SMILES string of the molecule is COc1cccc(-c2noc(CN(C)C(=O)[C@@H](C)SCc3ccccc3)n2)c1. The van der Waals surface area contributed by atoms with Crippen LogP contribution in [0.3, 0.4) is 0 Å². The van der Waals surface area contributed by atoms with Crippen molar-refractivity contribution in [1.29, 1.82) is 0 Å². The molecule has 1 amide bonds. The van der Waals surface area contributed by atoms with Gasteiger partial charge in [0.25, 0.3) is 0 Å². The summed E-state index contributed by atoms with van der Waals surface area (Å²) in [6.45, 7) is 2.19. The summed E-state index contributed by atoms with van der Waals surface area (Å²) >= 11 is 1.61. The number of benzene rings is 2. The fourth-order valence-corrected chi connectivity index (χ4v) is 3.61. The Hall–Kier alpha value is -2.80. The van der Waals surface area contributed by atoms with Gasteiger partial charge < -0.3 is 14.2 Å². The van der Waals surface area contributed by atoms with Crippen LogP contribution in [0.4, 0.5) is 0 Å². The molecular formula is C21H23N3O3S. The molecule has 3 aromatic rings. The van der Waals surface area contributed by atoms with Crippen LogP contribution in [0, 0.1) is 0 Å². The van der Waals surface area contributed by atoms with Crippen molar-refractivity contribution < 1.29 is 14.1 Å². The predicted molar refractivity (Wildman–Crippen MR) is 110 cm³/mol. The van der Waals surface area contributed by atoms with Gasteiger partial charge in [0, 0.05) is 18.4 Å². The van der Waals surface area contributed by atoms with Crippen LogP contribution >= 0.6 is 11.8 Å². The van der Waals surface area contributed by atoms with Crippen molar-refractivity contribution in [3.05, 3.63) is 66.1 Å². The minimum Gasteiger partial charge on any atom is -0.497 e. The number of ether oxygens (including phenoxy) is 1. The number of hydrogen-bond donors (Lipinski definition) is 0. The molecule has 1 heterocycles. The quantitative estimate of drug-likeness (QED) is 0.572. The normalized spacial score (nSPS) is 11.8. The smallest absolute Gasteiger partial charge is 0.246 e. The Bertz CT molecular complexity index is 914. The van der Waals surface area contributed by atoms with E-state index in [1.807, 2.05) is 49.4 Å². The summed E-state index contributed by atoms with van der Waals surface area (Å²) in [5, 5.41) is 3.85. The number of thioether (sulfide) groups is 1. The van der Waals surface area contributed by atoms with Gasteiger partial charge in [-0.3, -0.25) is 4.79 Å². The van der Waals surface area contributed by atoms with Gasteiger partial charge in [-0.1, -0.05) is 47.6 Å². The van der Waals surface area contributed by atoms with Gasteiger partial charge in [0.1, 0.15) is 5.75 Å². The number of carbonyl (C=O) groups is 1. The van der Waals surface area contributed by atoms with Crippen molar-refractivity contribution in [3.63, 3.8) is 0 Å². The van der Waals surface area contributed by atoms with E-state index in [1.54, 1.807) is 30.8 Å². The van der Waals surface area contributed by atoms with Crippen LogP contribution in [0.1, 0.15) is 18.4 Å². The third-order valence-corrected chi connectivity index (χ3v) is 5.44. The van der Waals surface area contributed by atoms with Crippen molar-refractivity contribution in [1.82, 2.24) is 15.0 Å². The fraction of sp³-hybridized carbons (Fsp3) is 0.286. The lowest BCUT2D eigenvalue weighted by Gasteiger charge is -2.19. The molecule has 1 atom stereocenters. The molecule has 146 valence electrons. The zero-order valence-corrected chi connectivity index (χ0v) is 17.0. The molecule has 0 saturated heterocycles. The lowest BCUT2D eigenvalue weighted by Crippen LogP contribution is -2.33. The summed E-state index contributed by atoms with van der Waals surface area (Å²) in [6.07, 6.45) is 0. The van der Waals surface area contributed by atoms with Crippen LogP contribution in [-0.4, -0.2) is 40.4 Å². The van der Waals surface area contributed by atoms with E-state index in [9.17, 15) is 4.79 Å². The molecule has 0 aliphatic carbocycles. The minimum absolute atomic E-state index is 0.0297. The fourth-order valence-electron chi connectivity index (χ4n) is 2.66. The molecule has 28 heavy (non-hydrogen) atoms. The first-order valence-corrected chi connectivity index (χ1v) is 9.99. The predicted octanol–water partition coefficient (Wildman–Crippen LogP) is 4.03. The summed E-state index contributed by atoms with van der Waals surface area (Å²) in [5.41, 5.74) is 2.00. The van der Waals surface area contributed by atoms with Crippen molar-refractivity contribution in [3.8, 4) is 17.1 Å². The van der Waals surface area contributed by atoms with Crippen molar-refractivity contribution in [2.24, 2.45) is 0 Å². The molecule has 0 radical (unpaired) electrons. The molecule has 0 fully saturated rings. The van der Waals surface area contributed by atoms with Crippen LogP contribution < -0.4 is 4.74 Å². The number of carbonyl (C=O) groups excluding carboxylic acids is 1. The van der Waals surface area contributed by atoms with E-state index in [0.29, 0.717) is 11.7 Å². The van der Waals surface area contributed by atoms with E-state index in [-0.39, 0.29) is 17.7 Å².